The van der Waals surface area contributed by atoms with Crippen LogP contribution in [0.15, 0.2) is 35.3 Å². The summed E-state index contributed by atoms with van der Waals surface area (Å²) in [4.78, 5) is 0. The van der Waals surface area contributed by atoms with Gasteiger partial charge in [0.05, 0.1) is 0 Å². The highest BCUT2D eigenvalue weighted by atomic mass is 79.9. The number of benzene rings is 1. The van der Waals surface area contributed by atoms with Gasteiger partial charge in [-0.05, 0) is 31.5 Å². The fourth-order valence-electron chi connectivity index (χ4n) is 1.34. The molecule has 0 aliphatic heterocycles. The van der Waals surface area contributed by atoms with Gasteiger partial charge in [-0.25, -0.2) is 4.39 Å². The van der Waals surface area contributed by atoms with E-state index in [2.05, 4.69) is 22.5 Å². The molecular formula is C11H13BrFN. The summed E-state index contributed by atoms with van der Waals surface area (Å²) in [5, 5.41) is 0. The maximum absolute atomic E-state index is 13.5. The van der Waals surface area contributed by atoms with E-state index in [1.54, 1.807) is 25.1 Å². The van der Waals surface area contributed by atoms with Crippen LogP contribution in [0.5, 0.6) is 0 Å². The minimum absolute atomic E-state index is 0.278. The van der Waals surface area contributed by atoms with Gasteiger partial charge < -0.3 is 5.73 Å². The molecule has 0 amide bonds. The van der Waals surface area contributed by atoms with Crippen molar-refractivity contribution < 1.29 is 4.39 Å². The summed E-state index contributed by atoms with van der Waals surface area (Å²) >= 11 is 3.29. The van der Waals surface area contributed by atoms with Gasteiger partial charge in [0.25, 0.3) is 0 Å². The summed E-state index contributed by atoms with van der Waals surface area (Å²) < 4.78 is 14.3. The average molecular weight is 258 g/mol. The molecule has 0 fully saturated rings. The molecule has 1 atom stereocenters. The maximum atomic E-state index is 13.5. The predicted octanol–water partition coefficient (Wildman–Crippen LogP) is 3.34. The highest BCUT2D eigenvalue weighted by Gasteiger charge is 2.23. The number of hydrogen-bond donors (Lipinski definition) is 1. The molecule has 1 nitrogen and oxygen atoms in total. The van der Waals surface area contributed by atoms with E-state index < -0.39 is 5.54 Å². The Kier molecular flexibility index (Phi) is 3.45. The second kappa shape index (κ2) is 4.24. The second-order valence-electron chi connectivity index (χ2n) is 3.53. The summed E-state index contributed by atoms with van der Waals surface area (Å²) in [7, 11) is 0. The first-order valence-electron chi connectivity index (χ1n) is 4.32. The van der Waals surface area contributed by atoms with Gasteiger partial charge in [0.15, 0.2) is 0 Å². The van der Waals surface area contributed by atoms with Crippen molar-refractivity contribution in [1.82, 2.24) is 0 Å². The molecule has 0 heterocycles. The second-order valence-corrected chi connectivity index (χ2v) is 4.45. The van der Waals surface area contributed by atoms with Gasteiger partial charge in [0.2, 0.25) is 0 Å². The van der Waals surface area contributed by atoms with Crippen molar-refractivity contribution in [3.63, 3.8) is 0 Å². The Balaban J connectivity index is 3.16. The van der Waals surface area contributed by atoms with Crippen LogP contribution in [0.2, 0.25) is 0 Å². The Labute approximate surface area is 91.9 Å². The molecular weight excluding hydrogens is 245 g/mol. The first kappa shape index (κ1) is 11.4. The quantitative estimate of drug-likeness (QED) is 0.827. The Hall–Kier alpha value is -0.670. The lowest BCUT2D eigenvalue weighted by atomic mass is 9.89. The van der Waals surface area contributed by atoms with Crippen molar-refractivity contribution in [3.8, 4) is 0 Å². The van der Waals surface area contributed by atoms with E-state index in [0.717, 1.165) is 4.47 Å². The molecule has 0 saturated heterocycles. The molecule has 14 heavy (non-hydrogen) atoms. The van der Waals surface area contributed by atoms with Gasteiger partial charge in [0.1, 0.15) is 5.82 Å². The molecule has 76 valence electrons. The zero-order valence-electron chi connectivity index (χ0n) is 8.06. The topological polar surface area (TPSA) is 26.0 Å². The SMILES string of the molecule is C=CCC(C)(N)c1cc(Br)ccc1F. The zero-order valence-corrected chi connectivity index (χ0v) is 9.64. The first-order chi connectivity index (χ1) is 6.47. The van der Waals surface area contributed by atoms with Crippen LogP contribution in [0.3, 0.4) is 0 Å². The molecule has 0 saturated carbocycles. The Morgan fingerprint density at radius 1 is 1.64 bits per heavy atom. The minimum Gasteiger partial charge on any atom is -0.321 e. The minimum atomic E-state index is -0.699. The zero-order chi connectivity index (χ0) is 10.8. The van der Waals surface area contributed by atoms with E-state index in [1.165, 1.54) is 6.07 Å². The summed E-state index contributed by atoms with van der Waals surface area (Å²) in [5.74, 6) is -0.278. The van der Waals surface area contributed by atoms with E-state index in [9.17, 15) is 4.39 Å². The van der Waals surface area contributed by atoms with Crippen LogP contribution in [-0.2, 0) is 5.54 Å². The Morgan fingerprint density at radius 3 is 2.86 bits per heavy atom. The van der Waals surface area contributed by atoms with E-state index in [-0.39, 0.29) is 5.82 Å². The molecule has 0 spiro atoms. The normalized spacial score (nSPS) is 14.9. The molecule has 1 aromatic rings. The van der Waals surface area contributed by atoms with Crippen molar-refractivity contribution >= 4 is 15.9 Å². The molecule has 1 rings (SSSR count). The number of halogens is 2. The number of rotatable bonds is 3. The van der Waals surface area contributed by atoms with Gasteiger partial charge in [-0.1, -0.05) is 22.0 Å². The van der Waals surface area contributed by atoms with Gasteiger partial charge in [0, 0.05) is 15.6 Å². The molecule has 0 aliphatic carbocycles. The molecule has 1 aromatic carbocycles. The average Bonchev–Trinajstić information content (AvgIpc) is 2.09. The third-order valence-corrected chi connectivity index (χ3v) is 2.61. The summed E-state index contributed by atoms with van der Waals surface area (Å²) in [6.07, 6.45) is 2.24. The third kappa shape index (κ3) is 2.42. The van der Waals surface area contributed by atoms with E-state index >= 15 is 0 Å². The lowest BCUT2D eigenvalue weighted by molar-refractivity contribution is 0.465. The molecule has 0 aromatic heterocycles. The van der Waals surface area contributed by atoms with Crippen molar-refractivity contribution in [3.05, 3.63) is 46.7 Å². The third-order valence-electron chi connectivity index (χ3n) is 2.11. The Bertz CT molecular complexity index is 347. The van der Waals surface area contributed by atoms with Crippen LogP contribution in [0.4, 0.5) is 4.39 Å². The largest absolute Gasteiger partial charge is 0.321 e. The fourth-order valence-corrected chi connectivity index (χ4v) is 1.71. The Morgan fingerprint density at radius 2 is 2.29 bits per heavy atom. The summed E-state index contributed by atoms with van der Waals surface area (Å²) in [5.41, 5.74) is 5.79. The van der Waals surface area contributed by atoms with Crippen molar-refractivity contribution in [2.45, 2.75) is 18.9 Å². The van der Waals surface area contributed by atoms with Crippen molar-refractivity contribution in [2.75, 3.05) is 0 Å². The highest BCUT2D eigenvalue weighted by Crippen LogP contribution is 2.27. The van der Waals surface area contributed by atoms with Crippen LogP contribution < -0.4 is 5.73 Å². The molecule has 1 unspecified atom stereocenters. The monoisotopic (exact) mass is 257 g/mol. The standard InChI is InChI=1S/C11H13BrFN/c1-3-6-11(2,14)9-7-8(12)4-5-10(9)13/h3-5,7H,1,6,14H2,2H3. The summed E-state index contributed by atoms with van der Waals surface area (Å²) in [6.45, 7) is 5.40. The molecule has 3 heteroatoms. The van der Waals surface area contributed by atoms with Crippen LogP contribution in [0.1, 0.15) is 18.9 Å². The van der Waals surface area contributed by atoms with E-state index in [0.29, 0.717) is 12.0 Å². The number of hydrogen-bond acceptors (Lipinski definition) is 1. The predicted molar refractivity (Wildman–Crippen MR) is 60.5 cm³/mol. The van der Waals surface area contributed by atoms with Crippen LogP contribution in [-0.4, -0.2) is 0 Å². The first-order valence-corrected chi connectivity index (χ1v) is 5.12. The fraction of sp³-hybridized carbons (Fsp3) is 0.273. The lowest BCUT2D eigenvalue weighted by Crippen LogP contribution is -2.33. The van der Waals surface area contributed by atoms with Crippen molar-refractivity contribution in [1.29, 1.82) is 0 Å². The maximum Gasteiger partial charge on any atom is 0.128 e. The van der Waals surface area contributed by atoms with Gasteiger partial charge in [-0.2, -0.15) is 0 Å². The smallest absolute Gasteiger partial charge is 0.128 e. The lowest BCUT2D eigenvalue weighted by Gasteiger charge is -2.24. The van der Waals surface area contributed by atoms with Gasteiger partial charge in [-0.15, -0.1) is 6.58 Å². The van der Waals surface area contributed by atoms with Crippen LogP contribution in [0.25, 0.3) is 0 Å². The van der Waals surface area contributed by atoms with Crippen molar-refractivity contribution in [2.24, 2.45) is 5.73 Å². The van der Waals surface area contributed by atoms with E-state index in [4.69, 9.17) is 5.73 Å². The van der Waals surface area contributed by atoms with E-state index in [1.807, 2.05) is 0 Å². The number of nitrogens with two attached hydrogens (primary N) is 1. The molecule has 0 radical (unpaired) electrons. The summed E-state index contributed by atoms with van der Waals surface area (Å²) in [6, 6.07) is 4.77. The van der Waals surface area contributed by atoms with Gasteiger partial charge in [-0.3, -0.25) is 0 Å². The van der Waals surface area contributed by atoms with Crippen LogP contribution in [0, 0.1) is 5.82 Å². The molecule has 2 N–H and O–H groups in total. The highest BCUT2D eigenvalue weighted by molar-refractivity contribution is 9.10. The molecule has 0 aliphatic rings. The molecule has 0 bridgehead atoms. The van der Waals surface area contributed by atoms with Crippen LogP contribution >= 0.6 is 15.9 Å². The van der Waals surface area contributed by atoms with Gasteiger partial charge >= 0.3 is 0 Å².